The van der Waals surface area contributed by atoms with Gasteiger partial charge in [0.15, 0.2) is 0 Å². The van der Waals surface area contributed by atoms with Gasteiger partial charge in [0.05, 0.1) is 37.1 Å². The van der Waals surface area contributed by atoms with E-state index in [2.05, 4.69) is 62.2 Å². The zero-order valence-corrected chi connectivity index (χ0v) is 29.6. The van der Waals surface area contributed by atoms with Crippen molar-refractivity contribution in [1.29, 1.82) is 0 Å². The molecule has 0 radical (unpaired) electrons. The molecule has 0 amide bonds. The van der Waals surface area contributed by atoms with E-state index in [4.69, 9.17) is 63.7 Å². The third-order valence-electron chi connectivity index (χ3n) is 6.06. The smallest absolute Gasteiger partial charge is 0.0819 e. The average Bonchev–Trinajstić information content (AvgIpc) is 3.94. The summed E-state index contributed by atoms with van der Waals surface area (Å²) in [5.74, 6) is 15.5. The summed E-state index contributed by atoms with van der Waals surface area (Å²) in [5.41, 5.74) is 0. The van der Waals surface area contributed by atoms with Crippen molar-refractivity contribution in [3.05, 3.63) is 38.0 Å². The number of terminal acetylenes is 6. The van der Waals surface area contributed by atoms with Crippen LogP contribution in [0.2, 0.25) is 0 Å². The molecule has 5 heteroatoms. The summed E-state index contributed by atoms with van der Waals surface area (Å²) in [6, 6.07) is 0. The van der Waals surface area contributed by atoms with E-state index in [1.807, 2.05) is 19.9 Å². The summed E-state index contributed by atoms with van der Waals surface area (Å²) in [6.45, 7) is 17.4. The third kappa shape index (κ3) is 65.1. The molecule has 6 atom stereocenters. The molecule has 1 aliphatic heterocycles. The van der Waals surface area contributed by atoms with Gasteiger partial charge in [-0.2, -0.15) is 0 Å². The first-order valence-electron chi connectivity index (χ1n) is 16.3. The van der Waals surface area contributed by atoms with Crippen LogP contribution >= 0.6 is 0 Å². The Morgan fingerprint density at radius 1 is 0.604 bits per heavy atom. The van der Waals surface area contributed by atoms with E-state index in [-0.39, 0.29) is 19.6 Å². The molecular weight excluding hydrogens is 596 g/mol. The average molecular weight is 665 g/mol. The molecule has 0 aromatic carbocycles. The maximum Gasteiger partial charge on any atom is 0.0819 e. The second-order valence-electron chi connectivity index (χ2n) is 10.4. The SMILES string of the molecule is C.C#CCC[C@H](C)C=C.C#CCC[C@H](O)C=C.C#CCC[C@H](O)C=C.C#CCC[C@H](O)CC.C#CCC[C@H](O)CC.C#CCC[C@H]1CO1. The second kappa shape index (κ2) is 50.2. The number of ether oxygens (including phenoxy) is 1. The first kappa shape index (κ1) is 56.7. The van der Waals surface area contributed by atoms with Crippen LogP contribution in [0.5, 0.6) is 0 Å². The number of allylic oxidation sites excluding steroid dienone is 1. The van der Waals surface area contributed by atoms with E-state index in [1.165, 1.54) is 12.2 Å². The minimum absolute atomic E-state index is 0. The Balaban J connectivity index is -0.000000110. The van der Waals surface area contributed by atoms with Crippen molar-refractivity contribution in [2.24, 2.45) is 5.92 Å². The second-order valence-corrected chi connectivity index (χ2v) is 10.4. The number of hydrogen-bond acceptors (Lipinski definition) is 5. The van der Waals surface area contributed by atoms with Gasteiger partial charge in [-0.3, -0.25) is 0 Å². The highest BCUT2D eigenvalue weighted by atomic mass is 16.6. The molecule has 0 aromatic heterocycles. The van der Waals surface area contributed by atoms with E-state index in [0.717, 1.165) is 58.0 Å². The van der Waals surface area contributed by atoms with E-state index in [1.54, 1.807) is 0 Å². The molecule has 0 spiro atoms. The van der Waals surface area contributed by atoms with Crippen molar-refractivity contribution in [1.82, 2.24) is 0 Å². The largest absolute Gasteiger partial charge is 0.393 e. The molecule has 0 unspecified atom stereocenters. The number of epoxide rings is 1. The summed E-state index contributed by atoms with van der Waals surface area (Å²) in [4.78, 5) is 0. The maximum atomic E-state index is 8.89. The predicted molar refractivity (Wildman–Crippen MR) is 209 cm³/mol. The van der Waals surface area contributed by atoms with Crippen molar-refractivity contribution in [2.75, 3.05) is 6.61 Å². The van der Waals surface area contributed by atoms with Crippen molar-refractivity contribution < 1.29 is 25.2 Å². The molecule has 270 valence electrons. The molecule has 1 saturated heterocycles. The van der Waals surface area contributed by atoms with E-state index >= 15 is 0 Å². The summed E-state index contributed by atoms with van der Waals surface area (Å²) in [5, 5.41) is 35.3. The lowest BCUT2D eigenvalue weighted by molar-refractivity contribution is 0.162. The van der Waals surface area contributed by atoms with Gasteiger partial charge in [-0.05, 0) is 57.3 Å². The first-order chi connectivity index (χ1) is 22.5. The zero-order valence-electron chi connectivity index (χ0n) is 29.6. The van der Waals surface area contributed by atoms with Gasteiger partial charge in [0.2, 0.25) is 0 Å². The predicted octanol–water partition coefficient (Wildman–Crippen LogP) is 7.89. The van der Waals surface area contributed by atoms with Crippen LogP contribution in [0.1, 0.15) is 118 Å². The number of hydrogen-bond donors (Lipinski definition) is 4. The minimum atomic E-state index is -0.425. The van der Waals surface area contributed by atoms with Crippen LogP contribution in [-0.4, -0.2) is 57.6 Å². The highest BCUT2D eigenvalue weighted by Gasteiger charge is 2.20. The van der Waals surface area contributed by atoms with E-state index in [0.29, 0.717) is 50.5 Å². The van der Waals surface area contributed by atoms with Gasteiger partial charge >= 0.3 is 0 Å². The van der Waals surface area contributed by atoms with Crippen LogP contribution < -0.4 is 0 Å². The fourth-order valence-corrected chi connectivity index (χ4v) is 2.51. The van der Waals surface area contributed by atoms with E-state index < -0.39 is 12.2 Å². The lowest BCUT2D eigenvalue weighted by atomic mass is 10.1. The van der Waals surface area contributed by atoms with E-state index in [9.17, 15) is 0 Å². The lowest BCUT2D eigenvalue weighted by Gasteiger charge is -2.01. The molecule has 1 fully saturated rings. The molecule has 5 nitrogen and oxygen atoms in total. The maximum absolute atomic E-state index is 8.89. The van der Waals surface area contributed by atoms with Crippen LogP contribution in [0, 0.1) is 80.0 Å². The van der Waals surface area contributed by atoms with Gasteiger partial charge in [0, 0.05) is 38.5 Å². The van der Waals surface area contributed by atoms with Gasteiger partial charge in [-0.25, -0.2) is 0 Å². The normalized spacial score (nSPS) is 14.1. The summed E-state index contributed by atoms with van der Waals surface area (Å²) < 4.78 is 4.92. The Morgan fingerprint density at radius 2 is 0.917 bits per heavy atom. The van der Waals surface area contributed by atoms with Gasteiger partial charge in [0.25, 0.3) is 0 Å². The Labute approximate surface area is 297 Å². The van der Waals surface area contributed by atoms with Crippen molar-refractivity contribution in [2.45, 2.75) is 149 Å². The Bertz CT molecular complexity index is 862. The zero-order chi connectivity index (χ0) is 37.1. The molecule has 1 aliphatic rings. The Morgan fingerprint density at radius 3 is 1.17 bits per heavy atom. The van der Waals surface area contributed by atoms with Crippen molar-refractivity contribution in [3.63, 3.8) is 0 Å². The number of aliphatic hydroxyl groups is 4. The molecular formula is C43H68O5. The quantitative estimate of drug-likeness (QED) is 0.0721. The lowest BCUT2D eigenvalue weighted by Crippen LogP contribution is -2.02. The van der Waals surface area contributed by atoms with Gasteiger partial charge in [-0.1, -0.05) is 46.4 Å². The molecule has 0 saturated carbocycles. The van der Waals surface area contributed by atoms with Crippen molar-refractivity contribution >= 4 is 0 Å². The minimum Gasteiger partial charge on any atom is -0.393 e. The van der Waals surface area contributed by atoms with Gasteiger partial charge in [0.1, 0.15) is 0 Å². The Hall–Kier alpha value is -3.62. The molecule has 0 aromatic rings. The van der Waals surface area contributed by atoms with Crippen LogP contribution in [0.4, 0.5) is 0 Å². The number of aliphatic hydroxyl groups excluding tert-OH is 4. The molecule has 0 aliphatic carbocycles. The highest BCUT2D eigenvalue weighted by Crippen LogP contribution is 2.14. The molecule has 1 rings (SSSR count). The first-order valence-corrected chi connectivity index (χ1v) is 16.3. The molecule has 0 bridgehead atoms. The van der Waals surface area contributed by atoms with Gasteiger partial charge in [-0.15, -0.1) is 93.8 Å². The molecule has 1 heterocycles. The fraction of sp³-hybridized carbons (Fsp3) is 0.581. The summed E-state index contributed by atoms with van der Waals surface area (Å²) in [6.07, 6.45) is 44.9. The fourth-order valence-electron chi connectivity index (χ4n) is 2.51. The highest BCUT2D eigenvalue weighted by molar-refractivity contribution is 4.89. The molecule has 48 heavy (non-hydrogen) atoms. The third-order valence-corrected chi connectivity index (χ3v) is 6.06. The van der Waals surface area contributed by atoms with Crippen LogP contribution in [-0.2, 0) is 4.74 Å². The van der Waals surface area contributed by atoms with Crippen LogP contribution in [0.3, 0.4) is 0 Å². The molecule has 4 N–H and O–H groups in total. The monoisotopic (exact) mass is 665 g/mol. The topological polar surface area (TPSA) is 93.5 Å². The summed E-state index contributed by atoms with van der Waals surface area (Å²) in [7, 11) is 0. The standard InChI is InChI=1S/C8H12.2C7H12O.2C7H10O.C6H8O.CH4/c1-4-6-7-8(3)5-2;4*1-3-5-6-7(8)4-2;1-2-3-4-6-5-7-6;/h1,5,8H,2,6-7H2,3H3;2*1,7-8H,4-6H2,2H3;2*1,4,7-8H,2,5-6H2;1,6H,3-5H2;1H4/t8-;4*7-;6-;/m111110./s1. The summed E-state index contributed by atoms with van der Waals surface area (Å²) >= 11 is 0. The van der Waals surface area contributed by atoms with Crippen LogP contribution in [0.25, 0.3) is 0 Å². The number of rotatable bonds is 17. The van der Waals surface area contributed by atoms with Crippen LogP contribution in [0.15, 0.2) is 38.0 Å². The van der Waals surface area contributed by atoms with Gasteiger partial charge < -0.3 is 25.2 Å². The van der Waals surface area contributed by atoms with Crippen molar-refractivity contribution in [3.8, 4) is 74.1 Å². The Kier molecular flexibility index (Phi) is 59.3.